The SMILES string of the molecule is COc1c(C(N)C(=O)O)ccc2oc(C)nc12. The molecule has 0 aliphatic carbocycles. The van der Waals surface area contributed by atoms with Gasteiger partial charge in [0, 0.05) is 12.5 Å². The summed E-state index contributed by atoms with van der Waals surface area (Å²) >= 11 is 0. The number of rotatable bonds is 3. The number of nitrogens with two attached hydrogens (primary N) is 1. The van der Waals surface area contributed by atoms with Gasteiger partial charge in [0.05, 0.1) is 7.11 Å². The number of carboxylic acids is 1. The Hall–Kier alpha value is -2.08. The summed E-state index contributed by atoms with van der Waals surface area (Å²) in [5, 5.41) is 8.91. The molecule has 0 saturated heterocycles. The summed E-state index contributed by atoms with van der Waals surface area (Å²) in [5.74, 6) is -0.295. The maximum absolute atomic E-state index is 10.9. The summed E-state index contributed by atoms with van der Waals surface area (Å²) in [4.78, 5) is 15.0. The van der Waals surface area contributed by atoms with Gasteiger partial charge >= 0.3 is 5.97 Å². The van der Waals surface area contributed by atoms with Crippen LogP contribution in [0.2, 0.25) is 0 Å². The Balaban J connectivity index is 2.68. The minimum absolute atomic E-state index is 0.342. The fraction of sp³-hybridized carbons (Fsp3) is 0.273. The summed E-state index contributed by atoms with van der Waals surface area (Å²) in [7, 11) is 1.44. The average Bonchev–Trinajstić information content (AvgIpc) is 2.66. The molecule has 1 atom stereocenters. The van der Waals surface area contributed by atoms with Crippen LogP contribution in [-0.2, 0) is 4.79 Å². The molecule has 0 bridgehead atoms. The highest BCUT2D eigenvalue weighted by atomic mass is 16.5. The summed E-state index contributed by atoms with van der Waals surface area (Å²) in [5.41, 5.74) is 6.98. The van der Waals surface area contributed by atoms with Crippen LogP contribution in [0.5, 0.6) is 5.75 Å². The van der Waals surface area contributed by atoms with Gasteiger partial charge in [0.25, 0.3) is 0 Å². The number of benzene rings is 1. The lowest BCUT2D eigenvalue weighted by Gasteiger charge is -2.11. The maximum atomic E-state index is 10.9. The number of ether oxygens (including phenoxy) is 1. The van der Waals surface area contributed by atoms with E-state index in [1.165, 1.54) is 7.11 Å². The molecule has 0 aliphatic rings. The molecule has 0 saturated carbocycles. The van der Waals surface area contributed by atoms with Crippen molar-refractivity contribution in [2.75, 3.05) is 7.11 Å². The van der Waals surface area contributed by atoms with Crippen molar-refractivity contribution in [2.45, 2.75) is 13.0 Å². The van der Waals surface area contributed by atoms with Crippen LogP contribution < -0.4 is 10.5 Å². The number of oxazole rings is 1. The minimum Gasteiger partial charge on any atom is -0.494 e. The van der Waals surface area contributed by atoms with Crippen molar-refractivity contribution in [3.63, 3.8) is 0 Å². The predicted octanol–water partition coefficient (Wildman–Crippen LogP) is 1.23. The van der Waals surface area contributed by atoms with E-state index in [4.69, 9.17) is 20.0 Å². The highest BCUT2D eigenvalue weighted by Gasteiger charge is 2.22. The molecule has 0 aliphatic heterocycles. The van der Waals surface area contributed by atoms with Crippen molar-refractivity contribution in [1.29, 1.82) is 0 Å². The third kappa shape index (κ3) is 1.83. The van der Waals surface area contributed by atoms with Crippen LogP contribution >= 0.6 is 0 Å². The fourth-order valence-electron chi connectivity index (χ4n) is 1.69. The zero-order valence-electron chi connectivity index (χ0n) is 9.43. The molecule has 1 aromatic carbocycles. The number of hydrogen-bond acceptors (Lipinski definition) is 5. The number of carboxylic acid groups (broad SMARTS) is 1. The molecule has 6 nitrogen and oxygen atoms in total. The quantitative estimate of drug-likeness (QED) is 0.831. The summed E-state index contributed by atoms with van der Waals surface area (Å²) in [6.45, 7) is 1.70. The Morgan fingerprint density at radius 2 is 2.29 bits per heavy atom. The van der Waals surface area contributed by atoms with Gasteiger partial charge in [-0.1, -0.05) is 0 Å². The number of aromatic nitrogens is 1. The van der Waals surface area contributed by atoms with Crippen LogP contribution in [0.25, 0.3) is 11.1 Å². The zero-order chi connectivity index (χ0) is 12.6. The van der Waals surface area contributed by atoms with E-state index in [9.17, 15) is 4.79 Å². The fourth-order valence-corrected chi connectivity index (χ4v) is 1.69. The molecular weight excluding hydrogens is 224 g/mol. The lowest BCUT2D eigenvalue weighted by atomic mass is 10.1. The number of carbonyl (C=O) groups is 1. The molecule has 2 rings (SSSR count). The number of aliphatic carboxylic acids is 1. The van der Waals surface area contributed by atoms with Crippen molar-refractivity contribution in [3.8, 4) is 5.75 Å². The first-order valence-corrected chi connectivity index (χ1v) is 4.97. The molecule has 90 valence electrons. The highest BCUT2D eigenvalue weighted by molar-refractivity contribution is 5.85. The number of methoxy groups -OCH3 is 1. The number of hydrogen-bond donors (Lipinski definition) is 2. The molecule has 0 spiro atoms. The number of nitrogens with zero attached hydrogens (tertiary/aromatic N) is 1. The third-order valence-corrected chi connectivity index (χ3v) is 2.46. The van der Waals surface area contributed by atoms with Crippen LogP contribution in [0.3, 0.4) is 0 Å². The van der Waals surface area contributed by atoms with E-state index < -0.39 is 12.0 Å². The highest BCUT2D eigenvalue weighted by Crippen LogP contribution is 2.32. The standard InChI is InChI=1S/C11H12N2O4/c1-5-13-9-7(17-5)4-3-6(10(9)16-2)8(12)11(14)15/h3-4,8H,12H2,1-2H3,(H,14,15). The van der Waals surface area contributed by atoms with E-state index in [0.717, 1.165) is 0 Å². The molecule has 2 aromatic rings. The van der Waals surface area contributed by atoms with E-state index in [0.29, 0.717) is 28.3 Å². The Kier molecular flexibility index (Phi) is 2.72. The van der Waals surface area contributed by atoms with Crippen molar-refractivity contribution < 1.29 is 19.1 Å². The van der Waals surface area contributed by atoms with E-state index in [-0.39, 0.29) is 0 Å². The van der Waals surface area contributed by atoms with Gasteiger partial charge in [-0.3, -0.25) is 4.79 Å². The first-order valence-electron chi connectivity index (χ1n) is 4.97. The van der Waals surface area contributed by atoms with Gasteiger partial charge in [0.1, 0.15) is 6.04 Å². The van der Waals surface area contributed by atoms with Crippen LogP contribution in [0.15, 0.2) is 16.5 Å². The number of aryl methyl sites for hydroxylation is 1. The van der Waals surface area contributed by atoms with E-state index in [2.05, 4.69) is 4.98 Å². The topological polar surface area (TPSA) is 98.6 Å². The molecule has 1 unspecified atom stereocenters. The van der Waals surface area contributed by atoms with E-state index in [1.54, 1.807) is 19.1 Å². The zero-order valence-corrected chi connectivity index (χ0v) is 9.43. The van der Waals surface area contributed by atoms with Crippen LogP contribution in [0.1, 0.15) is 17.5 Å². The molecule has 0 fully saturated rings. The predicted molar refractivity (Wildman–Crippen MR) is 59.9 cm³/mol. The molecule has 0 radical (unpaired) electrons. The monoisotopic (exact) mass is 236 g/mol. The summed E-state index contributed by atoms with van der Waals surface area (Å²) < 4.78 is 10.5. The second-order valence-electron chi connectivity index (χ2n) is 3.58. The van der Waals surface area contributed by atoms with Crippen molar-refractivity contribution in [1.82, 2.24) is 4.98 Å². The molecule has 6 heteroatoms. The molecule has 1 heterocycles. The molecule has 0 amide bonds. The molecular formula is C11H12N2O4. The first-order chi connectivity index (χ1) is 8.04. The molecule has 17 heavy (non-hydrogen) atoms. The Bertz CT molecular complexity index is 576. The van der Waals surface area contributed by atoms with Gasteiger partial charge in [0.2, 0.25) is 0 Å². The van der Waals surface area contributed by atoms with Crippen molar-refractivity contribution in [2.24, 2.45) is 5.73 Å². The second-order valence-corrected chi connectivity index (χ2v) is 3.58. The van der Waals surface area contributed by atoms with Gasteiger partial charge in [-0.2, -0.15) is 0 Å². The van der Waals surface area contributed by atoms with Gasteiger partial charge in [0.15, 0.2) is 22.7 Å². The van der Waals surface area contributed by atoms with Gasteiger partial charge in [-0.05, 0) is 12.1 Å². The van der Waals surface area contributed by atoms with Crippen molar-refractivity contribution >= 4 is 17.1 Å². The van der Waals surface area contributed by atoms with Gasteiger partial charge in [-0.15, -0.1) is 0 Å². The average molecular weight is 236 g/mol. The first kappa shape index (κ1) is 11.4. The summed E-state index contributed by atoms with van der Waals surface area (Å²) in [6.07, 6.45) is 0. The van der Waals surface area contributed by atoms with Crippen LogP contribution in [-0.4, -0.2) is 23.2 Å². The Labute approximate surface area is 97.0 Å². The van der Waals surface area contributed by atoms with E-state index in [1.807, 2.05) is 0 Å². The Morgan fingerprint density at radius 3 is 2.88 bits per heavy atom. The van der Waals surface area contributed by atoms with Crippen molar-refractivity contribution in [3.05, 3.63) is 23.6 Å². The maximum Gasteiger partial charge on any atom is 0.325 e. The number of fused-ring (bicyclic) bond motifs is 1. The largest absolute Gasteiger partial charge is 0.494 e. The van der Waals surface area contributed by atoms with E-state index >= 15 is 0 Å². The normalized spacial score (nSPS) is 12.6. The third-order valence-electron chi connectivity index (χ3n) is 2.46. The summed E-state index contributed by atoms with van der Waals surface area (Å²) in [6, 6.07) is 2.06. The van der Waals surface area contributed by atoms with Crippen LogP contribution in [0.4, 0.5) is 0 Å². The smallest absolute Gasteiger partial charge is 0.325 e. The van der Waals surface area contributed by atoms with Crippen LogP contribution in [0, 0.1) is 6.92 Å². The lowest BCUT2D eigenvalue weighted by Crippen LogP contribution is -2.21. The minimum atomic E-state index is -1.15. The molecule has 1 aromatic heterocycles. The van der Waals surface area contributed by atoms with Gasteiger partial charge < -0.3 is 20.0 Å². The van der Waals surface area contributed by atoms with Gasteiger partial charge in [-0.25, -0.2) is 4.98 Å². The Morgan fingerprint density at radius 1 is 1.59 bits per heavy atom. The lowest BCUT2D eigenvalue weighted by molar-refractivity contribution is -0.138. The molecule has 3 N–H and O–H groups in total. The second kappa shape index (κ2) is 4.06.